The van der Waals surface area contributed by atoms with E-state index in [-0.39, 0.29) is 23.3 Å². The molecule has 5 aromatic rings. The Hall–Kier alpha value is -4.52. The number of benzene rings is 3. The molecule has 2 heterocycles. The number of rotatable bonds is 6. The van der Waals surface area contributed by atoms with Crippen molar-refractivity contribution >= 4 is 33.7 Å². The number of carbonyl (C=O) groups is 2. The minimum atomic E-state index is -0.994. The van der Waals surface area contributed by atoms with Crippen molar-refractivity contribution in [3.63, 3.8) is 0 Å². The predicted octanol–water partition coefficient (Wildman–Crippen LogP) is 5.57. The SMILES string of the molecule is C[C@H](NC(=O)c1cccc2ccn(Cc3ccc4ccc(F)cc4n3)c12)c1ccc(C(=O)O)cc1. The van der Waals surface area contributed by atoms with E-state index < -0.39 is 5.97 Å². The molecular formula is C28H22FN3O3. The molecule has 1 atom stereocenters. The molecule has 0 aliphatic heterocycles. The number of fused-ring (bicyclic) bond motifs is 2. The number of amides is 1. The number of carbonyl (C=O) groups excluding carboxylic acids is 1. The van der Waals surface area contributed by atoms with Crippen LogP contribution in [0.3, 0.4) is 0 Å². The number of nitrogens with zero attached hydrogens (tertiary/aromatic N) is 2. The summed E-state index contributed by atoms with van der Waals surface area (Å²) in [5.74, 6) is -1.56. The highest BCUT2D eigenvalue weighted by Crippen LogP contribution is 2.23. The molecular weight excluding hydrogens is 445 g/mol. The van der Waals surface area contributed by atoms with E-state index in [1.165, 1.54) is 24.3 Å². The van der Waals surface area contributed by atoms with Crippen LogP contribution in [-0.4, -0.2) is 26.5 Å². The van der Waals surface area contributed by atoms with Gasteiger partial charge in [-0.15, -0.1) is 0 Å². The lowest BCUT2D eigenvalue weighted by molar-refractivity contribution is 0.0696. The normalized spacial score (nSPS) is 12.1. The van der Waals surface area contributed by atoms with E-state index in [0.717, 1.165) is 27.5 Å². The van der Waals surface area contributed by atoms with Crippen LogP contribution in [0.25, 0.3) is 21.8 Å². The summed E-state index contributed by atoms with van der Waals surface area (Å²) >= 11 is 0. The van der Waals surface area contributed by atoms with E-state index in [4.69, 9.17) is 5.11 Å². The van der Waals surface area contributed by atoms with Crippen LogP contribution in [0.4, 0.5) is 4.39 Å². The lowest BCUT2D eigenvalue weighted by Crippen LogP contribution is -2.27. The van der Waals surface area contributed by atoms with Gasteiger partial charge in [0, 0.05) is 23.0 Å². The summed E-state index contributed by atoms with van der Waals surface area (Å²) in [4.78, 5) is 28.9. The lowest BCUT2D eigenvalue weighted by atomic mass is 10.0. The molecule has 35 heavy (non-hydrogen) atoms. The van der Waals surface area contributed by atoms with Gasteiger partial charge in [-0.05, 0) is 55.0 Å². The zero-order valence-electron chi connectivity index (χ0n) is 18.9. The van der Waals surface area contributed by atoms with Crippen molar-refractivity contribution in [3.8, 4) is 0 Å². The standard InChI is InChI=1S/C28H22FN3O3/c1-17(18-5-7-21(8-6-18)28(34)35)30-27(33)24-4-2-3-20-13-14-32(26(20)24)16-23-12-10-19-9-11-22(29)15-25(19)31-23/h2-15,17H,16H2,1H3,(H,30,33)(H,34,35)/t17-/m0/s1. The van der Waals surface area contributed by atoms with Crippen LogP contribution in [-0.2, 0) is 6.54 Å². The molecule has 0 unspecified atom stereocenters. The molecule has 3 aromatic carbocycles. The van der Waals surface area contributed by atoms with E-state index in [1.54, 1.807) is 24.3 Å². The Morgan fingerprint density at radius 3 is 2.54 bits per heavy atom. The molecule has 174 valence electrons. The molecule has 0 bridgehead atoms. The highest BCUT2D eigenvalue weighted by atomic mass is 19.1. The van der Waals surface area contributed by atoms with E-state index in [2.05, 4.69) is 10.3 Å². The van der Waals surface area contributed by atoms with Crippen molar-refractivity contribution in [1.82, 2.24) is 14.9 Å². The number of para-hydroxylation sites is 1. The van der Waals surface area contributed by atoms with E-state index in [1.807, 2.05) is 48.0 Å². The molecule has 1 amide bonds. The molecule has 7 heteroatoms. The fraction of sp³-hybridized carbons (Fsp3) is 0.107. The first-order chi connectivity index (χ1) is 16.9. The minimum absolute atomic E-state index is 0.194. The van der Waals surface area contributed by atoms with Crippen LogP contribution < -0.4 is 5.32 Å². The summed E-state index contributed by atoms with van der Waals surface area (Å²) in [6, 6.07) is 22.0. The molecule has 6 nitrogen and oxygen atoms in total. The summed E-state index contributed by atoms with van der Waals surface area (Å²) < 4.78 is 15.6. The summed E-state index contributed by atoms with van der Waals surface area (Å²) in [5, 5.41) is 13.9. The average Bonchev–Trinajstić information content (AvgIpc) is 3.26. The number of aromatic nitrogens is 2. The fourth-order valence-corrected chi connectivity index (χ4v) is 4.24. The molecule has 0 saturated heterocycles. The largest absolute Gasteiger partial charge is 0.478 e. The second kappa shape index (κ2) is 9.02. The molecule has 0 aliphatic carbocycles. The summed E-state index contributed by atoms with van der Waals surface area (Å²) in [5.41, 5.74) is 3.63. The third-order valence-corrected chi connectivity index (χ3v) is 6.08. The van der Waals surface area contributed by atoms with Gasteiger partial charge in [0.15, 0.2) is 0 Å². The Morgan fingerprint density at radius 2 is 1.77 bits per heavy atom. The lowest BCUT2D eigenvalue weighted by Gasteiger charge is -2.16. The summed E-state index contributed by atoms with van der Waals surface area (Å²) in [7, 11) is 0. The first kappa shape index (κ1) is 22.3. The monoisotopic (exact) mass is 467 g/mol. The van der Waals surface area contributed by atoms with Crippen LogP contribution in [0.1, 0.15) is 44.9 Å². The van der Waals surface area contributed by atoms with Crippen molar-refractivity contribution in [1.29, 1.82) is 0 Å². The van der Waals surface area contributed by atoms with Gasteiger partial charge < -0.3 is 15.0 Å². The third-order valence-electron chi connectivity index (χ3n) is 6.08. The van der Waals surface area contributed by atoms with Gasteiger partial charge in [-0.3, -0.25) is 9.78 Å². The van der Waals surface area contributed by atoms with Crippen LogP contribution in [0, 0.1) is 5.82 Å². The van der Waals surface area contributed by atoms with Crippen molar-refractivity contribution in [2.24, 2.45) is 0 Å². The summed E-state index contributed by atoms with van der Waals surface area (Å²) in [6.07, 6.45) is 1.91. The quantitative estimate of drug-likeness (QED) is 0.342. The number of hydrogen-bond acceptors (Lipinski definition) is 3. The molecule has 2 N–H and O–H groups in total. The van der Waals surface area contributed by atoms with E-state index >= 15 is 0 Å². The number of carboxylic acid groups (broad SMARTS) is 1. The molecule has 0 aliphatic rings. The number of hydrogen-bond donors (Lipinski definition) is 2. The Bertz CT molecular complexity index is 1570. The minimum Gasteiger partial charge on any atom is -0.478 e. The predicted molar refractivity (Wildman–Crippen MR) is 132 cm³/mol. The van der Waals surface area contributed by atoms with E-state index in [0.29, 0.717) is 17.6 Å². The van der Waals surface area contributed by atoms with Gasteiger partial charge in [0.05, 0.1) is 40.4 Å². The number of aromatic carboxylic acids is 1. The van der Waals surface area contributed by atoms with Crippen LogP contribution in [0.2, 0.25) is 0 Å². The van der Waals surface area contributed by atoms with Gasteiger partial charge in [-0.1, -0.05) is 30.3 Å². The Kier molecular flexibility index (Phi) is 5.74. The van der Waals surface area contributed by atoms with Crippen molar-refractivity contribution in [2.45, 2.75) is 19.5 Å². The molecule has 5 rings (SSSR count). The highest BCUT2D eigenvalue weighted by Gasteiger charge is 2.17. The van der Waals surface area contributed by atoms with Crippen molar-refractivity contribution < 1.29 is 19.1 Å². The van der Waals surface area contributed by atoms with Gasteiger partial charge in [0.25, 0.3) is 5.91 Å². The van der Waals surface area contributed by atoms with Gasteiger partial charge >= 0.3 is 5.97 Å². The second-order valence-electron chi connectivity index (χ2n) is 8.45. The first-order valence-electron chi connectivity index (χ1n) is 11.2. The van der Waals surface area contributed by atoms with Gasteiger partial charge in [0.1, 0.15) is 5.82 Å². The average molecular weight is 468 g/mol. The Balaban J connectivity index is 1.42. The molecule has 0 fully saturated rings. The molecule has 0 saturated carbocycles. The van der Waals surface area contributed by atoms with Gasteiger partial charge in [-0.25, -0.2) is 9.18 Å². The molecule has 0 spiro atoms. The summed E-state index contributed by atoms with van der Waals surface area (Å²) in [6.45, 7) is 2.28. The Labute approximate surface area is 200 Å². The highest BCUT2D eigenvalue weighted by molar-refractivity contribution is 6.06. The number of pyridine rings is 1. The number of halogens is 1. The van der Waals surface area contributed by atoms with Crippen LogP contribution >= 0.6 is 0 Å². The zero-order chi connectivity index (χ0) is 24.5. The van der Waals surface area contributed by atoms with Crippen LogP contribution in [0.15, 0.2) is 85.1 Å². The maximum atomic E-state index is 13.7. The van der Waals surface area contributed by atoms with Crippen molar-refractivity contribution in [3.05, 3.63) is 113 Å². The third kappa shape index (κ3) is 4.48. The number of carboxylic acids is 1. The van der Waals surface area contributed by atoms with Gasteiger partial charge in [0.2, 0.25) is 0 Å². The Morgan fingerprint density at radius 1 is 1.00 bits per heavy atom. The topological polar surface area (TPSA) is 84.2 Å². The fourth-order valence-electron chi connectivity index (χ4n) is 4.24. The molecule has 0 radical (unpaired) electrons. The first-order valence-corrected chi connectivity index (χ1v) is 11.2. The molecule has 2 aromatic heterocycles. The van der Waals surface area contributed by atoms with Crippen LogP contribution in [0.5, 0.6) is 0 Å². The maximum Gasteiger partial charge on any atom is 0.335 e. The zero-order valence-corrected chi connectivity index (χ0v) is 18.9. The van der Waals surface area contributed by atoms with Crippen molar-refractivity contribution in [2.75, 3.05) is 0 Å². The number of nitrogens with one attached hydrogen (secondary N) is 1. The maximum absolute atomic E-state index is 13.7. The van der Waals surface area contributed by atoms with Gasteiger partial charge in [-0.2, -0.15) is 0 Å². The van der Waals surface area contributed by atoms with E-state index in [9.17, 15) is 14.0 Å². The second-order valence-corrected chi connectivity index (χ2v) is 8.45. The smallest absolute Gasteiger partial charge is 0.335 e.